The Morgan fingerprint density at radius 1 is 1.13 bits per heavy atom. The quantitative estimate of drug-likeness (QED) is 0.724. The van der Waals surface area contributed by atoms with Crippen molar-refractivity contribution in [2.75, 3.05) is 13.1 Å². The van der Waals surface area contributed by atoms with Gasteiger partial charge in [0.25, 0.3) is 0 Å². The lowest BCUT2D eigenvalue weighted by molar-refractivity contribution is 0.283. The predicted octanol–water partition coefficient (Wildman–Crippen LogP) is 1.28. The average Bonchev–Trinajstić information content (AvgIpc) is 2.09. The zero-order valence-corrected chi connectivity index (χ0v) is 8.50. The lowest BCUT2D eigenvalue weighted by Gasteiger charge is -2.39. The van der Waals surface area contributed by atoms with E-state index in [0.717, 1.165) is 12.1 Å². The van der Waals surface area contributed by atoms with E-state index in [-0.39, 0.29) is 18.0 Å². The van der Waals surface area contributed by atoms with Crippen LogP contribution in [0.3, 0.4) is 0 Å². The fourth-order valence-electron chi connectivity index (χ4n) is 1.44. The van der Waals surface area contributed by atoms with E-state index in [9.17, 15) is 13.2 Å². The fraction of sp³-hybridized carbons (Fsp3) is 0.333. The minimum atomic E-state index is -1.45. The van der Waals surface area contributed by atoms with Crippen LogP contribution < -0.4 is 11.1 Å². The second-order valence-electron chi connectivity index (χ2n) is 3.51. The Morgan fingerprint density at radius 2 is 1.60 bits per heavy atom. The molecule has 0 saturated carbocycles. The summed E-state index contributed by atoms with van der Waals surface area (Å²) in [5, 5.41) is 2.89. The van der Waals surface area contributed by atoms with Crippen molar-refractivity contribution >= 4 is 12.4 Å². The molecule has 3 N–H and O–H groups in total. The topological polar surface area (TPSA) is 38.0 Å². The molecule has 2 nitrogen and oxygen atoms in total. The average molecular weight is 239 g/mol. The van der Waals surface area contributed by atoms with Crippen LogP contribution in [-0.2, 0) is 5.54 Å². The molecule has 1 aromatic carbocycles. The summed E-state index contributed by atoms with van der Waals surface area (Å²) in [6.45, 7) is 0.884. The third-order valence-corrected chi connectivity index (χ3v) is 2.44. The number of benzene rings is 1. The second kappa shape index (κ2) is 4.00. The zero-order valence-electron chi connectivity index (χ0n) is 7.69. The predicted molar refractivity (Wildman–Crippen MR) is 52.3 cm³/mol. The molecule has 6 heteroatoms. The molecule has 0 aliphatic carbocycles. The van der Waals surface area contributed by atoms with E-state index in [0.29, 0.717) is 13.1 Å². The Morgan fingerprint density at radius 3 is 1.93 bits per heavy atom. The highest BCUT2D eigenvalue weighted by Gasteiger charge is 2.35. The maximum absolute atomic E-state index is 12.8. The fourth-order valence-corrected chi connectivity index (χ4v) is 1.44. The van der Waals surface area contributed by atoms with Gasteiger partial charge in [-0.05, 0) is 17.7 Å². The second-order valence-corrected chi connectivity index (χ2v) is 3.51. The lowest BCUT2D eigenvalue weighted by Crippen LogP contribution is -2.62. The first-order valence-electron chi connectivity index (χ1n) is 4.17. The molecule has 0 unspecified atom stereocenters. The summed E-state index contributed by atoms with van der Waals surface area (Å²) in [4.78, 5) is 0. The van der Waals surface area contributed by atoms with Crippen LogP contribution in [0.4, 0.5) is 13.2 Å². The lowest BCUT2D eigenvalue weighted by atomic mass is 9.85. The summed E-state index contributed by atoms with van der Waals surface area (Å²) >= 11 is 0. The number of nitrogens with two attached hydrogens (primary N) is 1. The van der Waals surface area contributed by atoms with Gasteiger partial charge in [-0.15, -0.1) is 12.4 Å². The van der Waals surface area contributed by atoms with Crippen molar-refractivity contribution in [2.24, 2.45) is 5.73 Å². The van der Waals surface area contributed by atoms with E-state index in [4.69, 9.17) is 5.73 Å². The van der Waals surface area contributed by atoms with Crippen LogP contribution in [0.1, 0.15) is 5.56 Å². The standard InChI is InChI=1S/C9H9F3N2.ClH/c10-6-1-5(2-7(11)8(6)12)9(13)3-14-4-9;/h1-2,14H,3-4,13H2;1H. The molecule has 15 heavy (non-hydrogen) atoms. The van der Waals surface area contributed by atoms with Crippen molar-refractivity contribution in [2.45, 2.75) is 5.54 Å². The molecule has 0 radical (unpaired) electrons. The van der Waals surface area contributed by atoms with Gasteiger partial charge in [0.15, 0.2) is 17.5 Å². The molecule has 0 atom stereocenters. The van der Waals surface area contributed by atoms with Gasteiger partial charge in [0, 0.05) is 13.1 Å². The molecule has 0 amide bonds. The molecule has 0 bridgehead atoms. The van der Waals surface area contributed by atoms with Crippen LogP contribution >= 0.6 is 12.4 Å². The molecule has 1 heterocycles. The van der Waals surface area contributed by atoms with Gasteiger partial charge in [0.2, 0.25) is 0 Å². The normalized spacial score (nSPS) is 17.9. The van der Waals surface area contributed by atoms with Crippen LogP contribution in [0.25, 0.3) is 0 Å². The molecule has 1 aliphatic rings. The van der Waals surface area contributed by atoms with Gasteiger partial charge in [0.05, 0.1) is 5.54 Å². The molecule has 1 saturated heterocycles. The molecular formula is C9H10ClF3N2. The monoisotopic (exact) mass is 238 g/mol. The largest absolute Gasteiger partial charge is 0.319 e. The summed E-state index contributed by atoms with van der Waals surface area (Å²) < 4.78 is 38.3. The van der Waals surface area contributed by atoms with Crippen LogP contribution in [-0.4, -0.2) is 13.1 Å². The number of halogens is 4. The molecule has 0 aromatic heterocycles. The first-order valence-corrected chi connectivity index (χ1v) is 4.17. The Balaban J connectivity index is 0.00000112. The van der Waals surface area contributed by atoms with Gasteiger partial charge in [-0.1, -0.05) is 0 Å². The number of nitrogens with one attached hydrogen (secondary N) is 1. The highest BCUT2D eigenvalue weighted by Crippen LogP contribution is 2.25. The third-order valence-electron chi connectivity index (χ3n) is 2.44. The molecule has 2 rings (SSSR count). The van der Waals surface area contributed by atoms with Crippen molar-refractivity contribution < 1.29 is 13.2 Å². The molecule has 1 fully saturated rings. The van der Waals surface area contributed by atoms with Crippen molar-refractivity contribution in [3.05, 3.63) is 35.1 Å². The van der Waals surface area contributed by atoms with E-state index in [1.807, 2.05) is 0 Å². The van der Waals surface area contributed by atoms with Crippen LogP contribution in [0.5, 0.6) is 0 Å². The summed E-state index contributed by atoms with van der Waals surface area (Å²) in [6.07, 6.45) is 0. The van der Waals surface area contributed by atoms with Gasteiger partial charge < -0.3 is 11.1 Å². The Kier molecular flexibility index (Phi) is 3.28. The van der Waals surface area contributed by atoms with Gasteiger partial charge in [-0.25, -0.2) is 13.2 Å². The minimum absolute atomic E-state index is 0. The Hall–Kier alpha value is -0.780. The summed E-state index contributed by atoms with van der Waals surface area (Å²) in [5.41, 5.74) is 5.31. The maximum Gasteiger partial charge on any atom is 0.194 e. The van der Waals surface area contributed by atoms with E-state index in [2.05, 4.69) is 5.32 Å². The molecular weight excluding hydrogens is 229 g/mol. The van der Waals surface area contributed by atoms with Gasteiger partial charge in [-0.2, -0.15) is 0 Å². The Bertz CT molecular complexity index is 357. The maximum atomic E-state index is 12.8. The van der Waals surface area contributed by atoms with Crippen LogP contribution in [0, 0.1) is 17.5 Å². The smallest absolute Gasteiger partial charge is 0.194 e. The molecule has 1 aliphatic heterocycles. The highest BCUT2D eigenvalue weighted by atomic mass is 35.5. The van der Waals surface area contributed by atoms with Gasteiger partial charge >= 0.3 is 0 Å². The molecule has 1 aromatic rings. The Labute approximate surface area is 91.1 Å². The summed E-state index contributed by atoms with van der Waals surface area (Å²) in [5.74, 6) is -3.85. The minimum Gasteiger partial charge on any atom is -0.319 e. The highest BCUT2D eigenvalue weighted by molar-refractivity contribution is 5.85. The third kappa shape index (κ3) is 1.95. The van der Waals surface area contributed by atoms with E-state index in [1.54, 1.807) is 0 Å². The van der Waals surface area contributed by atoms with Crippen molar-refractivity contribution in [1.29, 1.82) is 0 Å². The van der Waals surface area contributed by atoms with Crippen molar-refractivity contribution in [1.82, 2.24) is 5.32 Å². The SMILES string of the molecule is Cl.NC1(c2cc(F)c(F)c(F)c2)CNC1. The van der Waals surface area contributed by atoms with Crippen LogP contribution in [0.15, 0.2) is 12.1 Å². The number of rotatable bonds is 1. The van der Waals surface area contributed by atoms with Crippen molar-refractivity contribution in [3.8, 4) is 0 Å². The zero-order chi connectivity index (χ0) is 10.3. The van der Waals surface area contributed by atoms with E-state index < -0.39 is 23.0 Å². The summed E-state index contributed by atoms with van der Waals surface area (Å²) in [6, 6.07) is 1.89. The number of hydrogen-bond acceptors (Lipinski definition) is 2. The van der Waals surface area contributed by atoms with E-state index >= 15 is 0 Å². The molecule has 0 spiro atoms. The van der Waals surface area contributed by atoms with Crippen molar-refractivity contribution in [3.63, 3.8) is 0 Å². The number of hydrogen-bond donors (Lipinski definition) is 2. The summed E-state index contributed by atoms with van der Waals surface area (Å²) in [7, 11) is 0. The van der Waals surface area contributed by atoms with Crippen LogP contribution in [0.2, 0.25) is 0 Å². The van der Waals surface area contributed by atoms with Gasteiger partial charge in [-0.3, -0.25) is 0 Å². The van der Waals surface area contributed by atoms with Gasteiger partial charge in [0.1, 0.15) is 0 Å². The first kappa shape index (κ1) is 12.3. The van der Waals surface area contributed by atoms with E-state index in [1.165, 1.54) is 0 Å². The molecule has 84 valence electrons. The first-order chi connectivity index (χ1) is 6.53.